The van der Waals surface area contributed by atoms with Gasteiger partial charge >= 0.3 is 0 Å². The van der Waals surface area contributed by atoms with E-state index in [1.165, 1.54) is 17.7 Å². The second kappa shape index (κ2) is 8.11. The molecule has 2 aromatic carbocycles. The number of carbonyl (C=O) groups excluding carboxylic acids is 1. The number of aromatic nitrogens is 6. The molecule has 0 spiro atoms. The van der Waals surface area contributed by atoms with Crippen LogP contribution in [0.2, 0.25) is 0 Å². The zero-order valence-corrected chi connectivity index (χ0v) is 17.5. The van der Waals surface area contributed by atoms with Crippen molar-refractivity contribution in [3.8, 4) is 17.2 Å². The minimum Gasteiger partial charge on any atom is -0.348 e. The summed E-state index contributed by atoms with van der Waals surface area (Å²) in [5.74, 6) is 0.606. The van der Waals surface area contributed by atoms with Crippen molar-refractivity contribution in [2.45, 2.75) is 19.5 Å². The van der Waals surface area contributed by atoms with E-state index in [9.17, 15) is 4.79 Å². The second-order valence-electron chi connectivity index (χ2n) is 7.10. The van der Waals surface area contributed by atoms with E-state index in [0.29, 0.717) is 5.82 Å². The standard InChI is InChI=1S/C22H19N7OS/c1-15(16-6-8-17(9-7-16)29-13-23-12-25-29)26-21(30)10-28-20-5-3-2-4-18(20)27-22(28)19-11-31-14-24-19/h2-9,11-15H,10H2,1H3,(H,26,30). The Balaban J connectivity index is 1.35. The highest BCUT2D eigenvalue weighted by Crippen LogP contribution is 2.25. The summed E-state index contributed by atoms with van der Waals surface area (Å²) < 4.78 is 3.61. The van der Waals surface area contributed by atoms with E-state index in [1.807, 2.05) is 65.4 Å². The lowest BCUT2D eigenvalue weighted by Crippen LogP contribution is -2.30. The van der Waals surface area contributed by atoms with Crippen LogP contribution in [-0.4, -0.2) is 35.2 Å². The van der Waals surface area contributed by atoms with Crippen molar-refractivity contribution < 1.29 is 4.79 Å². The molecule has 3 aromatic heterocycles. The molecular weight excluding hydrogens is 410 g/mol. The summed E-state index contributed by atoms with van der Waals surface area (Å²) in [5, 5.41) is 9.15. The smallest absolute Gasteiger partial charge is 0.240 e. The van der Waals surface area contributed by atoms with Gasteiger partial charge in [0.2, 0.25) is 5.91 Å². The van der Waals surface area contributed by atoms with Gasteiger partial charge in [-0.05, 0) is 36.8 Å². The van der Waals surface area contributed by atoms with Gasteiger partial charge in [-0.2, -0.15) is 5.10 Å². The third-order valence-corrected chi connectivity index (χ3v) is 5.66. The van der Waals surface area contributed by atoms with Crippen molar-refractivity contribution >= 4 is 28.3 Å². The van der Waals surface area contributed by atoms with E-state index < -0.39 is 0 Å². The first-order valence-electron chi connectivity index (χ1n) is 9.77. The lowest BCUT2D eigenvalue weighted by Gasteiger charge is -2.16. The lowest BCUT2D eigenvalue weighted by molar-refractivity contribution is -0.122. The van der Waals surface area contributed by atoms with Gasteiger partial charge in [0.1, 0.15) is 24.9 Å². The molecule has 0 radical (unpaired) electrons. The normalized spacial score (nSPS) is 12.2. The number of thiazole rings is 1. The topological polar surface area (TPSA) is 90.5 Å². The number of benzene rings is 2. The van der Waals surface area contributed by atoms with E-state index in [-0.39, 0.29) is 18.5 Å². The molecule has 0 aliphatic heterocycles. The van der Waals surface area contributed by atoms with Crippen LogP contribution >= 0.6 is 11.3 Å². The largest absolute Gasteiger partial charge is 0.348 e. The predicted molar refractivity (Wildman–Crippen MR) is 119 cm³/mol. The molecule has 154 valence electrons. The third-order valence-electron chi connectivity index (χ3n) is 5.07. The van der Waals surface area contributed by atoms with Crippen LogP contribution in [0.1, 0.15) is 18.5 Å². The van der Waals surface area contributed by atoms with Crippen molar-refractivity contribution in [1.29, 1.82) is 0 Å². The van der Waals surface area contributed by atoms with Crippen molar-refractivity contribution in [3.05, 3.63) is 77.6 Å². The Kier molecular flexibility index (Phi) is 5.01. The van der Waals surface area contributed by atoms with Crippen LogP contribution in [0.25, 0.3) is 28.2 Å². The van der Waals surface area contributed by atoms with Gasteiger partial charge < -0.3 is 9.88 Å². The van der Waals surface area contributed by atoms with Gasteiger partial charge in [0.15, 0.2) is 5.82 Å². The van der Waals surface area contributed by atoms with Crippen LogP contribution in [0.3, 0.4) is 0 Å². The molecule has 1 unspecified atom stereocenters. The molecule has 5 rings (SSSR count). The van der Waals surface area contributed by atoms with E-state index >= 15 is 0 Å². The Morgan fingerprint density at radius 2 is 2.00 bits per heavy atom. The third kappa shape index (κ3) is 3.82. The van der Waals surface area contributed by atoms with Gasteiger partial charge in [0.25, 0.3) is 0 Å². The minimum absolute atomic E-state index is 0.0903. The number of hydrogen-bond donors (Lipinski definition) is 1. The van der Waals surface area contributed by atoms with Gasteiger partial charge in [-0.25, -0.2) is 19.6 Å². The molecule has 0 bridgehead atoms. The van der Waals surface area contributed by atoms with Crippen molar-refractivity contribution in [2.75, 3.05) is 0 Å². The molecule has 0 aliphatic carbocycles. The fourth-order valence-electron chi connectivity index (χ4n) is 3.53. The number of nitrogens with zero attached hydrogens (tertiary/aromatic N) is 6. The van der Waals surface area contributed by atoms with Crippen molar-refractivity contribution in [2.24, 2.45) is 0 Å². The number of para-hydroxylation sites is 2. The highest BCUT2D eigenvalue weighted by molar-refractivity contribution is 7.07. The van der Waals surface area contributed by atoms with Crippen LogP contribution in [0.5, 0.6) is 0 Å². The fraction of sp³-hybridized carbons (Fsp3) is 0.136. The maximum atomic E-state index is 12.9. The molecule has 1 atom stereocenters. The molecule has 31 heavy (non-hydrogen) atoms. The Bertz CT molecular complexity index is 1310. The Morgan fingerprint density at radius 1 is 1.16 bits per heavy atom. The number of hydrogen-bond acceptors (Lipinski definition) is 6. The molecule has 3 heterocycles. The number of amides is 1. The second-order valence-corrected chi connectivity index (χ2v) is 7.82. The molecule has 0 saturated heterocycles. The van der Waals surface area contributed by atoms with Gasteiger partial charge in [0.05, 0.1) is 28.3 Å². The van der Waals surface area contributed by atoms with E-state index in [0.717, 1.165) is 28.0 Å². The van der Waals surface area contributed by atoms with E-state index in [1.54, 1.807) is 16.5 Å². The number of rotatable bonds is 6. The number of fused-ring (bicyclic) bond motifs is 1. The van der Waals surface area contributed by atoms with E-state index in [2.05, 4.69) is 20.4 Å². The van der Waals surface area contributed by atoms with Crippen LogP contribution < -0.4 is 5.32 Å². The average molecular weight is 430 g/mol. The fourth-order valence-corrected chi connectivity index (χ4v) is 4.06. The summed E-state index contributed by atoms with van der Waals surface area (Å²) in [6.07, 6.45) is 3.14. The first kappa shape index (κ1) is 19.1. The van der Waals surface area contributed by atoms with Crippen LogP contribution in [0, 0.1) is 0 Å². The van der Waals surface area contributed by atoms with Gasteiger partial charge in [0, 0.05) is 5.38 Å². The summed E-state index contributed by atoms with van der Waals surface area (Å²) in [7, 11) is 0. The summed E-state index contributed by atoms with van der Waals surface area (Å²) in [6, 6.07) is 15.5. The first-order chi connectivity index (χ1) is 15.2. The lowest BCUT2D eigenvalue weighted by atomic mass is 10.1. The van der Waals surface area contributed by atoms with E-state index in [4.69, 9.17) is 4.98 Å². The minimum atomic E-state index is -0.144. The molecule has 1 amide bonds. The Morgan fingerprint density at radius 3 is 2.74 bits per heavy atom. The molecule has 5 aromatic rings. The first-order valence-corrected chi connectivity index (χ1v) is 10.7. The van der Waals surface area contributed by atoms with Gasteiger partial charge in [-0.3, -0.25) is 4.79 Å². The SMILES string of the molecule is CC(NC(=O)Cn1c(-c2cscn2)nc2ccccc21)c1ccc(-n2cncn2)cc1. The molecule has 0 aliphatic rings. The highest BCUT2D eigenvalue weighted by Gasteiger charge is 2.17. The van der Waals surface area contributed by atoms with Crippen LogP contribution in [-0.2, 0) is 11.3 Å². The molecule has 1 N–H and O–H groups in total. The zero-order valence-electron chi connectivity index (χ0n) is 16.7. The summed E-state index contributed by atoms with van der Waals surface area (Å²) >= 11 is 1.50. The molecule has 0 fully saturated rings. The summed E-state index contributed by atoms with van der Waals surface area (Å²) in [6.45, 7) is 2.13. The highest BCUT2D eigenvalue weighted by atomic mass is 32.1. The molecule has 9 heteroatoms. The Hall–Kier alpha value is -3.85. The molecule has 0 saturated carbocycles. The molecular formula is C22H19N7OS. The molecule has 8 nitrogen and oxygen atoms in total. The maximum absolute atomic E-state index is 12.9. The quantitative estimate of drug-likeness (QED) is 0.445. The summed E-state index contributed by atoms with van der Waals surface area (Å²) in [5.41, 5.74) is 6.21. The van der Waals surface area contributed by atoms with Gasteiger partial charge in [-0.15, -0.1) is 11.3 Å². The van der Waals surface area contributed by atoms with Crippen LogP contribution in [0.4, 0.5) is 0 Å². The monoisotopic (exact) mass is 429 g/mol. The van der Waals surface area contributed by atoms with Crippen molar-refractivity contribution in [3.63, 3.8) is 0 Å². The van der Waals surface area contributed by atoms with Gasteiger partial charge in [-0.1, -0.05) is 24.3 Å². The Labute approximate surface area is 182 Å². The van der Waals surface area contributed by atoms with Crippen molar-refractivity contribution in [1.82, 2.24) is 34.6 Å². The zero-order chi connectivity index (χ0) is 21.2. The summed E-state index contributed by atoms with van der Waals surface area (Å²) in [4.78, 5) is 25.9. The number of nitrogens with one attached hydrogen (secondary N) is 1. The average Bonchev–Trinajstić information content (AvgIpc) is 3.55. The number of carbonyl (C=O) groups is 1. The number of imidazole rings is 1. The maximum Gasteiger partial charge on any atom is 0.240 e. The predicted octanol–water partition coefficient (Wildman–Crippen LogP) is 3.62. The van der Waals surface area contributed by atoms with Crippen LogP contribution in [0.15, 0.2) is 72.1 Å².